The number of hydrogen-bond acceptors (Lipinski definition) is 5. The van der Waals surface area contributed by atoms with Crippen LogP contribution in [-0.4, -0.2) is 21.5 Å². The van der Waals surface area contributed by atoms with E-state index in [0.29, 0.717) is 30.2 Å². The fourth-order valence-corrected chi connectivity index (χ4v) is 2.37. The van der Waals surface area contributed by atoms with Crippen LogP contribution in [0.15, 0.2) is 60.9 Å². The highest BCUT2D eigenvalue weighted by molar-refractivity contribution is 6.04. The van der Waals surface area contributed by atoms with Crippen molar-refractivity contribution in [2.45, 2.75) is 13.0 Å². The van der Waals surface area contributed by atoms with Crippen LogP contribution in [0.2, 0.25) is 0 Å². The number of hydrogen-bond donors (Lipinski definition) is 2. The van der Waals surface area contributed by atoms with Gasteiger partial charge in [0.25, 0.3) is 0 Å². The quantitative estimate of drug-likeness (QED) is 0.598. The first-order valence-electron chi connectivity index (χ1n) is 8.19. The molecule has 0 amide bonds. The van der Waals surface area contributed by atoms with E-state index in [2.05, 4.69) is 4.98 Å². The Labute approximate surface area is 152 Å². The molecule has 132 valence electrons. The Morgan fingerprint density at radius 2 is 1.65 bits per heavy atom. The van der Waals surface area contributed by atoms with E-state index in [1.165, 1.54) is 6.21 Å². The molecule has 0 radical (unpaired) electrons. The second kappa shape index (κ2) is 8.11. The minimum Gasteiger partial charge on any atom is -0.486 e. The lowest BCUT2D eigenvalue weighted by molar-refractivity contribution is 0.291. The molecule has 2 N–H and O–H groups in total. The molecule has 0 fully saturated rings. The van der Waals surface area contributed by atoms with Crippen LogP contribution in [0.5, 0.6) is 17.2 Å². The van der Waals surface area contributed by atoms with E-state index in [0.717, 1.165) is 17.1 Å². The van der Waals surface area contributed by atoms with E-state index < -0.39 is 0 Å². The second-order valence-corrected chi connectivity index (χ2v) is 5.73. The van der Waals surface area contributed by atoms with Gasteiger partial charge >= 0.3 is 0 Å². The smallest absolute Gasteiger partial charge is 0.146 e. The monoisotopic (exact) mass is 348 g/mol. The van der Waals surface area contributed by atoms with E-state index in [4.69, 9.17) is 20.3 Å². The predicted molar refractivity (Wildman–Crippen MR) is 101 cm³/mol. The molecule has 0 spiro atoms. The van der Waals surface area contributed by atoms with Crippen molar-refractivity contribution in [3.63, 3.8) is 0 Å². The topological polar surface area (TPSA) is 84.0 Å². The lowest BCUT2D eigenvalue weighted by atomic mass is 10.1. The van der Waals surface area contributed by atoms with Crippen molar-refractivity contribution in [3.8, 4) is 17.2 Å². The van der Waals surface area contributed by atoms with Crippen molar-refractivity contribution >= 4 is 11.9 Å². The first kappa shape index (κ1) is 17.4. The van der Waals surface area contributed by atoms with E-state index in [1.54, 1.807) is 6.20 Å². The molecule has 3 rings (SSSR count). The molecule has 26 heavy (non-hydrogen) atoms. The Bertz CT molecular complexity index is 883. The van der Waals surface area contributed by atoms with Gasteiger partial charge in [-0.05, 0) is 54.1 Å². The third-order valence-electron chi connectivity index (χ3n) is 3.86. The molecule has 6 nitrogen and oxygen atoms in total. The molecule has 0 aliphatic rings. The van der Waals surface area contributed by atoms with Crippen LogP contribution >= 0.6 is 0 Å². The van der Waals surface area contributed by atoms with Gasteiger partial charge in [-0.15, -0.1) is 0 Å². The standard InChI is InChI=1S/C20H20N4O2/c1-24-13-12-23-20(24)14-25-16-6-8-18(9-7-16)26-17-4-2-15(3-5-17)19(22)10-11-21/h2-9,11-13,21-22H,10,14H2,1H3. The molecule has 2 aromatic carbocycles. The van der Waals surface area contributed by atoms with Gasteiger partial charge in [-0.3, -0.25) is 0 Å². The van der Waals surface area contributed by atoms with Crippen LogP contribution in [0.25, 0.3) is 0 Å². The van der Waals surface area contributed by atoms with Gasteiger partial charge in [-0.1, -0.05) is 0 Å². The van der Waals surface area contributed by atoms with Crippen LogP contribution < -0.4 is 9.47 Å². The molecule has 0 saturated heterocycles. The highest BCUT2D eigenvalue weighted by Gasteiger charge is 2.04. The Kier molecular flexibility index (Phi) is 5.43. The summed E-state index contributed by atoms with van der Waals surface area (Å²) in [4.78, 5) is 4.22. The van der Waals surface area contributed by atoms with Gasteiger partial charge in [0.2, 0.25) is 0 Å². The largest absolute Gasteiger partial charge is 0.486 e. The summed E-state index contributed by atoms with van der Waals surface area (Å²) in [5, 5.41) is 14.9. The lowest BCUT2D eigenvalue weighted by Gasteiger charge is -2.09. The molecular formula is C20H20N4O2. The summed E-state index contributed by atoms with van der Waals surface area (Å²) in [6, 6.07) is 14.7. The van der Waals surface area contributed by atoms with Crippen LogP contribution in [-0.2, 0) is 13.7 Å². The molecule has 1 heterocycles. The van der Waals surface area contributed by atoms with Gasteiger partial charge in [-0.25, -0.2) is 4.98 Å². The van der Waals surface area contributed by atoms with E-state index in [-0.39, 0.29) is 0 Å². The van der Waals surface area contributed by atoms with E-state index >= 15 is 0 Å². The van der Waals surface area contributed by atoms with Crippen LogP contribution in [0, 0.1) is 10.8 Å². The zero-order valence-corrected chi connectivity index (χ0v) is 14.5. The summed E-state index contributed by atoms with van der Waals surface area (Å²) < 4.78 is 13.5. The van der Waals surface area contributed by atoms with E-state index in [1.807, 2.05) is 66.3 Å². The molecule has 0 bridgehead atoms. The maximum absolute atomic E-state index is 7.84. The Balaban J connectivity index is 1.57. The number of rotatable bonds is 8. The maximum Gasteiger partial charge on any atom is 0.146 e. The molecule has 0 aliphatic carbocycles. The number of imidazole rings is 1. The van der Waals surface area contributed by atoms with Crippen LogP contribution in [0.3, 0.4) is 0 Å². The molecule has 1 aromatic heterocycles. The Morgan fingerprint density at radius 3 is 2.23 bits per heavy atom. The fourth-order valence-electron chi connectivity index (χ4n) is 2.37. The molecule has 0 saturated carbocycles. The summed E-state index contributed by atoms with van der Waals surface area (Å²) in [7, 11) is 1.93. The third kappa shape index (κ3) is 4.36. The molecular weight excluding hydrogens is 328 g/mol. The fraction of sp³-hybridized carbons (Fsp3) is 0.150. The van der Waals surface area contributed by atoms with E-state index in [9.17, 15) is 0 Å². The van der Waals surface area contributed by atoms with Crippen molar-refractivity contribution in [2.75, 3.05) is 0 Å². The van der Waals surface area contributed by atoms with Crippen molar-refractivity contribution in [1.82, 2.24) is 9.55 Å². The summed E-state index contributed by atoms with van der Waals surface area (Å²) in [6.07, 6.45) is 5.19. The summed E-state index contributed by atoms with van der Waals surface area (Å²) >= 11 is 0. The molecule has 6 heteroatoms. The van der Waals surface area contributed by atoms with Crippen LogP contribution in [0.4, 0.5) is 0 Å². The van der Waals surface area contributed by atoms with Gasteiger partial charge in [-0.2, -0.15) is 0 Å². The summed E-state index contributed by atoms with van der Waals surface area (Å²) in [5.74, 6) is 3.00. The average Bonchev–Trinajstić information content (AvgIpc) is 3.07. The minimum absolute atomic E-state index is 0.333. The Morgan fingerprint density at radius 1 is 1.04 bits per heavy atom. The minimum atomic E-state index is 0.333. The highest BCUT2D eigenvalue weighted by atomic mass is 16.5. The predicted octanol–water partition coefficient (Wildman–Crippen LogP) is 4.20. The summed E-state index contributed by atoms with van der Waals surface area (Å²) in [5.41, 5.74) is 1.21. The van der Waals surface area contributed by atoms with Gasteiger partial charge < -0.3 is 24.9 Å². The zero-order chi connectivity index (χ0) is 18.4. The Hall–Kier alpha value is -3.41. The van der Waals surface area contributed by atoms with Crippen molar-refractivity contribution in [1.29, 1.82) is 10.8 Å². The first-order valence-corrected chi connectivity index (χ1v) is 8.19. The molecule has 0 unspecified atom stereocenters. The SMILES string of the molecule is Cn1ccnc1COc1ccc(Oc2ccc(C(=N)CC=N)cc2)cc1. The molecule has 0 atom stereocenters. The number of aryl methyl sites for hydroxylation is 1. The normalized spacial score (nSPS) is 10.3. The lowest BCUT2D eigenvalue weighted by Crippen LogP contribution is -2.02. The van der Waals surface area contributed by atoms with Gasteiger partial charge in [0.05, 0.1) is 0 Å². The zero-order valence-electron chi connectivity index (χ0n) is 14.5. The van der Waals surface area contributed by atoms with Crippen molar-refractivity contribution in [3.05, 3.63) is 72.3 Å². The number of benzene rings is 2. The molecule has 3 aromatic rings. The van der Waals surface area contributed by atoms with Gasteiger partial charge in [0.1, 0.15) is 29.7 Å². The third-order valence-corrected chi connectivity index (χ3v) is 3.86. The highest BCUT2D eigenvalue weighted by Crippen LogP contribution is 2.24. The average molecular weight is 348 g/mol. The van der Waals surface area contributed by atoms with Gasteiger partial charge in [0.15, 0.2) is 0 Å². The number of nitrogens with one attached hydrogen (secondary N) is 2. The number of aromatic nitrogens is 2. The van der Waals surface area contributed by atoms with Gasteiger partial charge in [0, 0.05) is 37.8 Å². The maximum atomic E-state index is 7.84. The van der Waals surface area contributed by atoms with Crippen molar-refractivity contribution < 1.29 is 9.47 Å². The summed E-state index contributed by atoms with van der Waals surface area (Å²) in [6.45, 7) is 0.410. The number of ether oxygens (including phenoxy) is 2. The van der Waals surface area contributed by atoms with Crippen molar-refractivity contribution in [2.24, 2.45) is 7.05 Å². The molecule has 0 aliphatic heterocycles. The first-order chi connectivity index (χ1) is 12.7. The second-order valence-electron chi connectivity index (χ2n) is 5.73. The number of nitrogens with zero attached hydrogens (tertiary/aromatic N) is 2. The van der Waals surface area contributed by atoms with Crippen LogP contribution in [0.1, 0.15) is 17.8 Å².